The molecule has 0 aliphatic heterocycles. The van der Waals surface area contributed by atoms with Gasteiger partial charge in [0.2, 0.25) is 0 Å². The fraction of sp³-hybridized carbons (Fsp3) is 0.588. The maximum atomic E-state index is 4.78. The zero-order valence-corrected chi connectivity index (χ0v) is 13.8. The molecule has 0 radical (unpaired) electrons. The molecule has 0 unspecified atom stereocenters. The van der Waals surface area contributed by atoms with Gasteiger partial charge in [-0.2, -0.15) is 0 Å². The number of allylic oxidation sites excluding steroid dienone is 4. The van der Waals surface area contributed by atoms with Gasteiger partial charge in [0.05, 0.1) is 5.69 Å². The van der Waals surface area contributed by atoms with Gasteiger partial charge in [-0.05, 0) is 30.6 Å². The maximum absolute atomic E-state index is 4.78. The molecule has 1 aliphatic rings. The summed E-state index contributed by atoms with van der Waals surface area (Å²) in [5.74, 6) is 1.26. The Balaban J connectivity index is 2.27. The van der Waals surface area contributed by atoms with E-state index in [2.05, 4.69) is 59.8 Å². The van der Waals surface area contributed by atoms with Crippen molar-refractivity contribution >= 4 is 16.9 Å². The first-order valence-electron chi connectivity index (χ1n) is 7.17. The standard InChI is InChI=1S/C17H25NS/c1-11(2)12(3)15-13(4)18-16(19-15)14-7-9-17(5,6)10-8-14/h7-9,11-12H,10H2,1-6H3/t12-/m0/s1. The van der Waals surface area contributed by atoms with Crippen LogP contribution in [0.5, 0.6) is 0 Å². The second-order valence-corrected chi connectivity index (χ2v) is 7.72. The number of thiazole rings is 1. The van der Waals surface area contributed by atoms with E-state index in [1.54, 1.807) is 0 Å². The highest BCUT2D eigenvalue weighted by molar-refractivity contribution is 7.13. The van der Waals surface area contributed by atoms with Crippen LogP contribution in [0.1, 0.15) is 62.5 Å². The number of hydrogen-bond donors (Lipinski definition) is 0. The van der Waals surface area contributed by atoms with Crippen LogP contribution in [-0.2, 0) is 0 Å². The number of hydrogen-bond acceptors (Lipinski definition) is 2. The van der Waals surface area contributed by atoms with Gasteiger partial charge in [0.25, 0.3) is 0 Å². The van der Waals surface area contributed by atoms with E-state index in [0.29, 0.717) is 17.3 Å². The lowest BCUT2D eigenvalue weighted by Crippen LogP contribution is -2.08. The summed E-state index contributed by atoms with van der Waals surface area (Å²) >= 11 is 1.87. The summed E-state index contributed by atoms with van der Waals surface area (Å²) < 4.78 is 0. The molecular formula is C17H25NS. The van der Waals surface area contributed by atoms with Crippen LogP contribution < -0.4 is 0 Å². The maximum Gasteiger partial charge on any atom is 0.123 e. The summed E-state index contributed by atoms with van der Waals surface area (Å²) in [6, 6.07) is 0. The lowest BCUT2D eigenvalue weighted by Gasteiger charge is -2.21. The van der Waals surface area contributed by atoms with Crippen molar-refractivity contribution in [2.24, 2.45) is 11.3 Å². The smallest absolute Gasteiger partial charge is 0.123 e. The summed E-state index contributed by atoms with van der Waals surface area (Å²) in [5.41, 5.74) is 2.80. The molecule has 0 bridgehead atoms. The van der Waals surface area contributed by atoms with Crippen LogP contribution in [0.2, 0.25) is 0 Å². The Labute approximate surface area is 121 Å². The molecule has 19 heavy (non-hydrogen) atoms. The molecule has 1 aromatic heterocycles. The van der Waals surface area contributed by atoms with Gasteiger partial charge in [0, 0.05) is 10.5 Å². The third-order valence-corrected chi connectivity index (χ3v) is 5.46. The van der Waals surface area contributed by atoms with Crippen LogP contribution in [0.4, 0.5) is 0 Å². The second kappa shape index (κ2) is 5.24. The van der Waals surface area contributed by atoms with Gasteiger partial charge in [-0.3, -0.25) is 0 Å². The van der Waals surface area contributed by atoms with Gasteiger partial charge in [-0.1, -0.05) is 52.8 Å². The fourth-order valence-electron chi connectivity index (χ4n) is 2.24. The van der Waals surface area contributed by atoms with E-state index in [1.807, 2.05) is 11.3 Å². The Kier molecular flexibility index (Phi) is 4.00. The van der Waals surface area contributed by atoms with Gasteiger partial charge in [0.1, 0.15) is 5.01 Å². The average Bonchev–Trinajstić information content (AvgIpc) is 2.70. The Bertz CT molecular complexity index is 517. The SMILES string of the molecule is Cc1nc(C2=CCC(C)(C)C=C2)sc1[C@@H](C)C(C)C. The van der Waals surface area contributed by atoms with E-state index >= 15 is 0 Å². The molecule has 0 saturated heterocycles. The molecule has 104 valence electrons. The molecule has 1 heterocycles. The van der Waals surface area contributed by atoms with E-state index in [9.17, 15) is 0 Å². The van der Waals surface area contributed by atoms with Crippen LogP contribution in [0.15, 0.2) is 18.2 Å². The second-order valence-electron chi connectivity index (χ2n) is 6.69. The Morgan fingerprint density at radius 3 is 2.47 bits per heavy atom. The minimum absolute atomic E-state index is 0.295. The summed E-state index contributed by atoms with van der Waals surface area (Å²) in [6.45, 7) is 13.6. The first kappa shape index (κ1) is 14.5. The van der Waals surface area contributed by atoms with Crippen LogP contribution in [0.3, 0.4) is 0 Å². The van der Waals surface area contributed by atoms with E-state index < -0.39 is 0 Å². The fourth-order valence-corrected chi connectivity index (χ4v) is 3.55. The zero-order chi connectivity index (χ0) is 14.2. The summed E-state index contributed by atoms with van der Waals surface area (Å²) in [7, 11) is 0. The minimum atomic E-state index is 0.295. The molecule has 2 heteroatoms. The zero-order valence-electron chi connectivity index (χ0n) is 12.9. The van der Waals surface area contributed by atoms with Gasteiger partial charge >= 0.3 is 0 Å². The first-order valence-corrected chi connectivity index (χ1v) is 7.99. The van der Waals surface area contributed by atoms with Gasteiger partial charge < -0.3 is 0 Å². The number of rotatable bonds is 3. The Morgan fingerprint density at radius 1 is 1.26 bits per heavy atom. The van der Waals surface area contributed by atoms with Crippen molar-refractivity contribution in [2.75, 3.05) is 0 Å². The third-order valence-electron chi connectivity index (χ3n) is 4.06. The predicted molar refractivity (Wildman–Crippen MR) is 85.6 cm³/mol. The van der Waals surface area contributed by atoms with E-state index in [1.165, 1.54) is 21.2 Å². The minimum Gasteiger partial charge on any atom is -0.241 e. The predicted octanol–water partition coefficient (Wildman–Crippen LogP) is 5.58. The number of aromatic nitrogens is 1. The molecular weight excluding hydrogens is 250 g/mol. The van der Waals surface area contributed by atoms with Crippen LogP contribution >= 0.6 is 11.3 Å². The molecule has 0 aromatic carbocycles. The molecule has 0 N–H and O–H groups in total. The van der Waals surface area contributed by atoms with Gasteiger partial charge in [-0.15, -0.1) is 11.3 Å². The van der Waals surface area contributed by atoms with Crippen LogP contribution in [0.25, 0.3) is 5.57 Å². The van der Waals surface area contributed by atoms with Crippen molar-refractivity contribution in [3.8, 4) is 0 Å². The topological polar surface area (TPSA) is 12.9 Å². The molecule has 2 rings (SSSR count). The summed E-state index contributed by atoms with van der Waals surface area (Å²) in [6.07, 6.45) is 7.99. The molecule has 0 fully saturated rings. The van der Waals surface area contributed by atoms with Crippen molar-refractivity contribution in [3.05, 3.63) is 33.8 Å². The molecule has 1 aliphatic carbocycles. The highest BCUT2D eigenvalue weighted by Crippen LogP contribution is 2.37. The summed E-state index contributed by atoms with van der Waals surface area (Å²) in [5, 5.41) is 1.19. The molecule has 1 aromatic rings. The summed E-state index contributed by atoms with van der Waals surface area (Å²) in [4.78, 5) is 6.23. The Hall–Kier alpha value is -0.890. The Morgan fingerprint density at radius 2 is 1.95 bits per heavy atom. The molecule has 1 nitrogen and oxygen atoms in total. The van der Waals surface area contributed by atoms with Crippen molar-refractivity contribution in [2.45, 2.75) is 53.9 Å². The van der Waals surface area contributed by atoms with Crippen LogP contribution in [-0.4, -0.2) is 4.98 Å². The molecule has 0 saturated carbocycles. The van der Waals surface area contributed by atoms with Crippen molar-refractivity contribution in [3.63, 3.8) is 0 Å². The average molecular weight is 275 g/mol. The third kappa shape index (κ3) is 3.17. The monoisotopic (exact) mass is 275 g/mol. The highest BCUT2D eigenvalue weighted by atomic mass is 32.1. The first-order chi connectivity index (χ1) is 8.80. The highest BCUT2D eigenvalue weighted by Gasteiger charge is 2.21. The van der Waals surface area contributed by atoms with E-state index in [-0.39, 0.29) is 0 Å². The lowest BCUT2D eigenvalue weighted by atomic mass is 9.84. The molecule has 1 atom stereocenters. The van der Waals surface area contributed by atoms with Crippen molar-refractivity contribution < 1.29 is 0 Å². The van der Waals surface area contributed by atoms with Crippen molar-refractivity contribution in [1.29, 1.82) is 0 Å². The normalized spacial score (nSPS) is 19.6. The largest absolute Gasteiger partial charge is 0.241 e. The van der Waals surface area contributed by atoms with Gasteiger partial charge in [0.15, 0.2) is 0 Å². The van der Waals surface area contributed by atoms with E-state index in [0.717, 1.165) is 6.42 Å². The van der Waals surface area contributed by atoms with Crippen molar-refractivity contribution in [1.82, 2.24) is 4.98 Å². The quantitative estimate of drug-likeness (QED) is 0.701. The van der Waals surface area contributed by atoms with E-state index in [4.69, 9.17) is 4.98 Å². The number of nitrogens with zero attached hydrogens (tertiary/aromatic N) is 1. The molecule has 0 amide bonds. The van der Waals surface area contributed by atoms with Crippen LogP contribution in [0, 0.1) is 18.3 Å². The van der Waals surface area contributed by atoms with Gasteiger partial charge in [-0.25, -0.2) is 4.98 Å². The lowest BCUT2D eigenvalue weighted by molar-refractivity contribution is 0.485. The molecule has 0 spiro atoms. The number of aryl methyl sites for hydroxylation is 1.